The molecule has 17 heavy (non-hydrogen) atoms. The molecule has 1 heterocycles. The molecule has 1 aromatic heterocycles. The Kier molecular flexibility index (Phi) is 2.65. The zero-order valence-electron chi connectivity index (χ0n) is 9.80. The number of rotatable bonds is 4. The van der Waals surface area contributed by atoms with Gasteiger partial charge in [0.25, 0.3) is 0 Å². The number of hydrogen-bond donors (Lipinski definition) is 2. The largest absolute Gasteiger partial charge is 0.480 e. The number of anilines is 1. The topological polar surface area (TPSA) is 84.2 Å². The van der Waals surface area contributed by atoms with E-state index in [1.54, 1.807) is 16.9 Å². The first-order valence-electron chi connectivity index (χ1n) is 5.56. The fraction of sp³-hybridized carbons (Fsp3) is 0.545. The van der Waals surface area contributed by atoms with Crippen LogP contribution in [0.15, 0.2) is 12.3 Å². The summed E-state index contributed by atoms with van der Waals surface area (Å²) in [5.74, 6) is -1.13. The lowest BCUT2D eigenvalue weighted by molar-refractivity contribution is -0.147. The van der Waals surface area contributed by atoms with Crippen molar-refractivity contribution >= 4 is 17.7 Å². The monoisotopic (exact) mass is 237 g/mol. The van der Waals surface area contributed by atoms with Gasteiger partial charge < -0.3 is 10.4 Å². The van der Waals surface area contributed by atoms with Crippen LogP contribution in [0.3, 0.4) is 0 Å². The van der Waals surface area contributed by atoms with Crippen molar-refractivity contribution in [1.29, 1.82) is 0 Å². The van der Waals surface area contributed by atoms with Crippen LogP contribution in [0.2, 0.25) is 0 Å². The molecular weight excluding hydrogens is 222 g/mol. The highest BCUT2D eigenvalue weighted by Crippen LogP contribution is 2.46. The van der Waals surface area contributed by atoms with Crippen molar-refractivity contribution in [3.63, 3.8) is 0 Å². The van der Waals surface area contributed by atoms with Crippen molar-refractivity contribution < 1.29 is 14.7 Å². The Morgan fingerprint density at radius 1 is 1.53 bits per heavy atom. The number of amides is 1. The van der Waals surface area contributed by atoms with E-state index < -0.39 is 17.3 Å². The molecule has 0 unspecified atom stereocenters. The Bertz CT molecular complexity index is 460. The number of nitrogens with zero attached hydrogens (tertiary/aromatic N) is 2. The molecule has 1 fully saturated rings. The summed E-state index contributed by atoms with van der Waals surface area (Å²) in [4.78, 5) is 22.7. The summed E-state index contributed by atoms with van der Waals surface area (Å²) in [6.07, 6.45) is 2.55. The first-order valence-corrected chi connectivity index (χ1v) is 5.56. The Balaban J connectivity index is 2.06. The third-order valence-electron chi connectivity index (χ3n) is 2.97. The zero-order chi connectivity index (χ0) is 12.6. The van der Waals surface area contributed by atoms with E-state index in [4.69, 9.17) is 5.11 Å². The van der Waals surface area contributed by atoms with Gasteiger partial charge in [0.1, 0.15) is 5.41 Å². The summed E-state index contributed by atoms with van der Waals surface area (Å²) >= 11 is 0. The van der Waals surface area contributed by atoms with Crippen LogP contribution in [0.25, 0.3) is 0 Å². The predicted octanol–water partition coefficient (Wildman–Crippen LogP) is 1.27. The summed E-state index contributed by atoms with van der Waals surface area (Å²) in [6, 6.07) is 1.87. The van der Waals surface area contributed by atoms with Gasteiger partial charge in [-0.2, -0.15) is 5.10 Å². The molecule has 0 radical (unpaired) electrons. The molecule has 1 saturated carbocycles. The average molecular weight is 237 g/mol. The van der Waals surface area contributed by atoms with E-state index in [-0.39, 0.29) is 6.04 Å². The third kappa shape index (κ3) is 2.02. The van der Waals surface area contributed by atoms with Crippen molar-refractivity contribution in [3.8, 4) is 0 Å². The Hall–Kier alpha value is -1.85. The summed E-state index contributed by atoms with van der Waals surface area (Å²) in [6.45, 7) is 3.94. The highest BCUT2D eigenvalue weighted by Gasteiger charge is 2.57. The lowest BCUT2D eigenvalue weighted by Crippen LogP contribution is -2.31. The van der Waals surface area contributed by atoms with Crippen LogP contribution >= 0.6 is 0 Å². The lowest BCUT2D eigenvalue weighted by Gasteiger charge is -2.09. The second kappa shape index (κ2) is 3.87. The highest BCUT2D eigenvalue weighted by molar-refractivity contribution is 6.10. The van der Waals surface area contributed by atoms with E-state index in [1.165, 1.54) is 0 Å². The van der Waals surface area contributed by atoms with Gasteiger partial charge in [0, 0.05) is 18.3 Å². The average Bonchev–Trinajstić information content (AvgIpc) is 2.94. The second-order valence-corrected chi connectivity index (χ2v) is 4.62. The predicted molar refractivity (Wildman–Crippen MR) is 60.5 cm³/mol. The molecule has 1 aliphatic carbocycles. The van der Waals surface area contributed by atoms with Crippen LogP contribution < -0.4 is 5.32 Å². The molecule has 0 bridgehead atoms. The molecule has 0 aliphatic heterocycles. The number of carbonyl (C=O) groups excluding carboxylic acids is 1. The summed E-state index contributed by atoms with van der Waals surface area (Å²) < 4.78 is 1.70. The van der Waals surface area contributed by atoms with Gasteiger partial charge in [-0.1, -0.05) is 0 Å². The van der Waals surface area contributed by atoms with Gasteiger partial charge in [-0.25, -0.2) is 0 Å². The minimum absolute atomic E-state index is 0.204. The van der Waals surface area contributed by atoms with Gasteiger partial charge in [0.2, 0.25) is 5.91 Å². The number of nitrogens with one attached hydrogen (secondary N) is 1. The Morgan fingerprint density at radius 3 is 2.59 bits per heavy atom. The molecule has 0 spiro atoms. The minimum Gasteiger partial charge on any atom is -0.480 e. The quantitative estimate of drug-likeness (QED) is 0.772. The fourth-order valence-electron chi connectivity index (χ4n) is 1.59. The van der Waals surface area contributed by atoms with E-state index in [2.05, 4.69) is 10.4 Å². The van der Waals surface area contributed by atoms with Crippen molar-refractivity contribution in [1.82, 2.24) is 9.78 Å². The summed E-state index contributed by atoms with van der Waals surface area (Å²) in [7, 11) is 0. The van der Waals surface area contributed by atoms with Crippen LogP contribution in [0.1, 0.15) is 32.7 Å². The molecule has 6 heteroatoms. The molecule has 0 saturated heterocycles. The lowest BCUT2D eigenvalue weighted by atomic mass is 10.1. The van der Waals surface area contributed by atoms with Gasteiger partial charge in [0.05, 0.1) is 0 Å². The summed E-state index contributed by atoms with van der Waals surface area (Å²) in [5.41, 5.74) is -1.22. The number of carbonyl (C=O) groups is 2. The molecule has 2 N–H and O–H groups in total. The van der Waals surface area contributed by atoms with E-state index in [0.717, 1.165) is 0 Å². The number of carboxylic acid groups (broad SMARTS) is 1. The normalized spacial score (nSPS) is 16.9. The van der Waals surface area contributed by atoms with Gasteiger partial charge >= 0.3 is 5.97 Å². The molecule has 2 rings (SSSR count). The minimum atomic E-state index is -1.22. The molecule has 0 atom stereocenters. The fourth-order valence-corrected chi connectivity index (χ4v) is 1.59. The second-order valence-electron chi connectivity index (χ2n) is 4.62. The first kappa shape index (κ1) is 11.6. The van der Waals surface area contributed by atoms with Gasteiger partial charge in [-0.15, -0.1) is 0 Å². The van der Waals surface area contributed by atoms with E-state index >= 15 is 0 Å². The molecule has 1 aromatic rings. The van der Waals surface area contributed by atoms with Gasteiger partial charge in [0.15, 0.2) is 5.82 Å². The van der Waals surface area contributed by atoms with Crippen LogP contribution in [0, 0.1) is 5.41 Å². The van der Waals surface area contributed by atoms with Crippen molar-refractivity contribution in [2.45, 2.75) is 32.7 Å². The van der Waals surface area contributed by atoms with Crippen LogP contribution in [0.4, 0.5) is 5.82 Å². The smallest absolute Gasteiger partial charge is 0.319 e. The Labute approximate surface area is 98.6 Å². The number of carboxylic acids is 1. The maximum atomic E-state index is 11.8. The SMILES string of the molecule is CC(C)n1ccc(NC(=O)C2(C(=O)O)CC2)n1. The van der Waals surface area contributed by atoms with E-state index in [9.17, 15) is 9.59 Å². The number of aliphatic carboxylic acids is 1. The maximum absolute atomic E-state index is 11.8. The number of aromatic nitrogens is 2. The van der Waals surface area contributed by atoms with Crippen LogP contribution in [-0.4, -0.2) is 26.8 Å². The highest BCUT2D eigenvalue weighted by atomic mass is 16.4. The number of hydrogen-bond acceptors (Lipinski definition) is 3. The van der Waals surface area contributed by atoms with E-state index in [1.807, 2.05) is 13.8 Å². The van der Waals surface area contributed by atoms with Gasteiger partial charge in [-0.05, 0) is 26.7 Å². The van der Waals surface area contributed by atoms with Crippen LogP contribution in [-0.2, 0) is 9.59 Å². The standard InChI is InChI=1S/C11H15N3O3/c1-7(2)14-6-3-8(13-14)12-9(15)11(4-5-11)10(16)17/h3,6-7H,4-5H2,1-2H3,(H,16,17)(H,12,13,15). The van der Waals surface area contributed by atoms with Crippen LogP contribution in [0.5, 0.6) is 0 Å². The molecule has 1 amide bonds. The molecule has 6 nitrogen and oxygen atoms in total. The maximum Gasteiger partial charge on any atom is 0.319 e. The van der Waals surface area contributed by atoms with Crippen molar-refractivity contribution in [3.05, 3.63) is 12.3 Å². The van der Waals surface area contributed by atoms with Crippen molar-refractivity contribution in [2.24, 2.45) is 5.41 Å². The zero-order valence-corrected chi connectivity index (χ0v) is 9.80. The van der Waals surface area contributed by atoms with Gasteiger partial charge in [-0.3, -0.25) is 14.3 Å². The van der Waals surface area contributed by atoms with Crippen molar-refractivity contribution in [2.75, 3.05) is 5.32 Å². The molecule has 0 aromatic carbocycles. The summed E-state index contributed by atoms with van der Waals surface area (Å²) in [5, 5.41) is 15.7. The molecule has 1 aliphatic rings. The molecular formula is C11H15N3O3. The molecule has 92 valence electrons. The first-order chi connectivity index (χ1) is 7.95. The third-order valence-corrected chi connectivity index (χ3v) is 2.97. The van der Waals surface area contributed by atoms with E-state index in [0.29, 0.717) is 18.7 Å². The Morgan fingerprint density at radius 2 is 2.18 bits per heavy atom.